The van der Waals surface area contributed by atoms with Crippen molar-refractivity contribution < 1.29 is 17.6 Å². The second-order valence-corrected chi connectivity index (χ2v) is 6.76. The van der Waals surface area contributed by atoms with Gasteiger partial charge >= 0.3 is 0 Å². The molecule has 0 aliphatic carbocycles. The number of anilines is 1. The molecule has 1 rings (SSSR count). The summed E-state index contributed by atoms with van der Waals surface area (Å²) >= 11 is 0. The molecule has 0 unspecified atom stereocenters. The molecule has 0 aliphatic rings. The number of rotatable bonds is 5. The molecule has 0 bridgehead atoms. The van der Waals surface area contributed by atoms with Crippen LogP contribution < -0.4 is 5.73 Å². The fourth-order valence-corrected chi connectivity index (χ4v) is 3.14. The third-order valence-electron chi connectivity index (χ3n) is 3.10. The molecule has 0 radical (unpaired) electrons. The molecule has 8 heteroatoms. The number of nitrogen functional groups attached to an aromatic ring is 1. The topological polar surface area (TPSA) is 83.7 Å². The van der Waals surface area contributed by atoms with Crippen LogP contribution in [-0.4, -0.2) is 50.7 Å². The summed E-state index contributed by atoms with van der Waals surface area (Å²) in [6.07, 6.45) is 0. The molecule has 2 N–H and O–H groups in total. The molecule has 21 heavy (non-hydrogen) atoms. The highest BCUT2D eigenvalue weighted by molar-refractivity contribution is 7.89. The molecule has 0 spiro atoms. The molecule has 6 nitrogen and oxygen atoms in total. The van der Waals surface area contributed by atoms with Gasteiger partial charge in [0.05, 0.1) is 6.54 Å². The van der Waals surface area contributed by atoms with Crippen molar-refractivity contribution in [2.75, 3.05) is 32.9 Å². The molecule has 0 saturated heterocycles. The van der Waals surface area contributed by atoms with E-state index in [0.29, 0.717) is 5.56 Å². The first-order valence-electron chi connectivity index (χ1n) is 6.37. The molecule has 1 aromatic rings. The third-order valence-corrected chi connectivity index (χ3v) is 5.04. The number of nitrogens with zero attached hydrogens (tertiary/aromatic N) is 2. The molecule has 0 aromatic heterocycles. The van der Waals surface area contributed by atoms with Gasteiger partial charge in [-0.1, -0.05) is 6.92 Å². The lowest BCUT2D eigenvalue weighted by atomic mass is 10.2. The van der Waals surface area contributed by atoms with Gasteiger partial charge in [0.1, 0.15) is 10.7 Å². The van der Waals surface area contributed by atoms with Gasteiger partial charge < -0.3 is 10.6 Å². The minimum atomic E-state index is -4.12. The van der Waals surface area contributed by atoms with Crippen molar-refractivity contribution in [3.63, 3.8) is 0 Å². The summed E-state index contributed by atoms with van der Waals surface area (Å²) in [5.74, 6) is -1.27. The van der Waals surface area contributed by atoms with Gasteiger partial charge in [0, 0.05) is 26.3 Å². The molecule has 0 atom stereocenters. The van der Waals surface area contributed by atoms with Crippen LogP contribution >= 0.6 is 0 Å². The number of hydrogen-bond donors (Lipinski definition) is 1. The number of benzene rings is 1. The number of sulfonamides is 1. The summed E-state index contributed by atoms with van der Waals surface area (Å²) in [5, 5.41) is 0. The second kappa shape index (κ2) is 6.40. The highest BCUT2D eigenvalue weighted by Crippen LogP contribution is 2.24. The largest absolute Gasteiger partial charge is 0.398 e. The smallest absolute Gasteiger partial charge is 0.246 e. The van der Waals surface area contributed by atoms with E-state index in [1.165, 1.54) is 19.0 Å². The van der Waals surface area contributed by atoms with Gasteiger partial charge in [-0.3, -0.25) is 4.79 Å². The highest BCUT2D eigenvalue weighted by atomic mass is 32.2. The maximum Gasteiger partial charge on any atom is 0.246 e. The molecule has 0 aliphatic heterocycles. The predicted octanol–water partition coefficient (Wildman–Crippen LogP) is 0.815. The van der Waals surface area contributed by atoms with E-state index in [2.05, 4.69) is 0 Å². The quantitative estimate of drug-likeness (QED) is 0.815. The average molecular weight is 317 g/mol. The first-order chi connectivity index (χ1) is 9.61. The van der Waals surface area contributed by atoms with E-state index >= 15 is 0 Å². The summed E-state index contributed by atoms with van der Waals surface area (Å²) in [6, 6.07) is 2.16. The molecule has 0 saturated carbocycles. The SMILES string of the molecule is CCN(CC(=O)N(C)C)S(=O)(=O)c1cc(N)c(C)cc1F. The lowest BCUT2D eigenvalue weighted by molar-refractivity contribution is -0.128. The number of aryl methyl sites for hydroxylation is 1. The Bertz CT molecular complexity index is 644. The molecule has 0 fully saturated rings. The van der Waals surface area contributed by atoms with E-state index in [1.54, 1.807) is 13.8 Å². The van der Waals surface area contributed by atoms with Gasteiger partial charge in [-0.05, 0) is 24.6 Å². The van der Waals surface area contributed by atoms with Crippen molar-refractivity contribution in [2.24, 2.45) is 0 Å². The van der Waals surface area contributed by atoms with Crippen molar-refractivity contribution in [3.05, 3.63) is 23.5 Å². The van der Waals surface area contributed by atoms with E-state index in [0.717, 1.165) is 16.4 Å². The summed E-state index contributed by atoms with van der Waals surface area (Å²) in [5.41, 5.74) is 6.29. The van der Waals surface area contributed by atoms with Crippen molar-refractivity contribution in [1.82, 2.24) is 9.21 Å². The van der Waals surface area contributed by atoms with Crippen LogP contribution in [0.1, 0.15) is 12.5 Å². The van der Waals surface area contributed by atoms with Crippen LogP contribution in [0, 0.1) is 12.7 Å². The summed E-state index contributed by atoms with van der Waals surface area (Å²) in [4.78, 5) is 12.5. The lowest BCUT2D eigenvalue weighted by Gasteiger charge is -2.22. The molecule has 1 aromatic carbocycles. The molecular weight excluding hydrogens is 297 g/mol. The zero-order valence-corrected chi connectivity index (χ0v) is 13.4. The van der Waals surface area contributed by atoms with Crippen molar-refractivity contribution >= 4 is 21.6 Å². The summed E-state index contributed by atoms with van der Waals surface area (Å²) < 4.78 is 39.8. The Morgan fingerprint density at radius 2 is 1.90 bits per heavy atom. The third kappa shape index (κ3) is 3.70. The van der Waals surface area contributed by atoms with Crippen LogP contribution in [0.2, 0.25) is 0 Å². The maximum absolute atomic E-state index is 14.0. The molecule has 118 valence electrons. The van der Waals surface area contributed by atoms with Gasteiger partial charge in [-0.15, -0.1) is 0 Å². The Morgan fingerprint density at radius 3 is 2.38 bits per heavy atom. The number of halogens is 1. The van der Waals surface area contributed by atoms with Crippen molar-refractivity contribution in [1.29, 1.82) is 0 Å². The number of amides is 1. The number of hydrogen-bond acceptors (Lipinski definition) is 4. The van der Waals surface area contributed by atoms with Gasteiger partial charge in [0.2, 0.25) is 15.9 Å². The molecule has 1 amide bonds. The molecular formula is C13H20FN3O3S. The average Bonchev–Trinajstić information content (AvgIpc) is 2.39. The maximum atomic E-state index is 14.0. The van der Waals surface area contributed by atoms with E-state index < -0.39 is 20.7 Å². The Kier molecular flexibility index (Phi) is 5.30. The first-order valence-corrected chi connectivity index (χ1v) is 7.81. The number of carbonyl (C=O) groups is 1. The van der Waals surface area contributed by atoms with Crippen molar-refractivity contribution in [2.45, 2.75) is 18.7 Å². The Balaban J connectivity index is 3.25. The fraction of sp³-hybridized carbons (Fsp3) is 0.462. The van der Waals surface area contributed by atoms with Crippen molar-refractivity contribution in [3.8, 4) is 0 Å². The minimum Gasteiger partial charge on any atom is -0.398 e. The van der Waals surface area contributed by atoms with Crippen LogP contribution in [0.15, 0.2) is 17.0 Å². The van der Waals surface area contributed by atoms with Gasteiger partial charge in [0.15, 0.2) is 0 Å². The minimum absolute atomic E-state index is 0.0507. The van der Waals surface area contributed by atoms with Crippen LogP contribution in [-0.2, 0) is 14.8 Å². The zero-order chi connectivity index (χ0) is 16.4. The summed E-state index contributed by atoms with van der Waals surface area (Å²) in [7, 11) is -1.08. The zero-order valence-electron chi connectivity index (χ0n) is 12.6. The predicted molar refractivity (Wildman–Crippen MR) is 78.7 cm³/mol. The van der Waals surface area contributed by atoms with Crippen LogP contribution in [0.25, 0.3) is 0 Å². The van der Waals surface area contributed by atoms with Gasteiger partial charge in [-0.2, -0.15) is 4.31 Å². The number of carbonyl (C=O) groups excluding carboxylic acids is 1. The van der Waals surface area contributed by atoms with Gasteiger partial charge in [0.25, 0.3) is 0 Å². The summed E-state index contributed by atoms with van der Waals surface area (Å²) in [6.45, 7) is 2.87. The molecule has 0 heterocycles. The number of nitrogens with two attached hydrogens (primary N) is 1. The Hall–Kier alpha value is -1.67. The Morgan fingerprint density at radius 1 is 1.33 bits per heavy atom. The van der Waals surface area contributed by atoms with E-state index in [-0.39, 0.29) is 24.7 Å². The normalized spacial score (nSPS) is 11.7. The van der Waals surface area contributed by atoms with Crippen LogP contribution in [0.5, 0.6) is 0 Å². The number of likely N-dealkylation sites (N-methyl/N-ethyl adjacent to an activating group) is 2. The monoisotopic (exact) mass is 317 g/mol. The highest BCUT2D eigenvalue weighted by Gasteiger charge is 2.29. The van der Waals surface area contributed by atoms with E-state index in [9.17, 15) is 17.6 Å². The van der Waals surface area contributed by atoms with Crippen LogP contribution in [0.3, 0.4) is 0 Å². The fourth-order valence-electron chi connectivity index (χ4n) is 1.66. The standard InChI is InChI=1S/C13H20FN3O3S/c1-5-17(8-13(18)16(3)4)21(19,20)12-7-11(15)9(2)6-10(12)14/h6-7H,5,8,15H2,1-4H3. The first kappa shape index (κ1) is 17.4. The lowest BCUT2D eigenvalue weighted by Crippen LogP contribution is -2.40. The van der Waals surface area contributed by atoms with Gasteiger partial charge in [-0.25, -0.2) is 12.8 Å². The second-order valence-electron chi connectivity index (χ2n) is 4.86. The Labute approximate surface area is 124 Å². The van der Waals surface area contributed by atoms with E-state index in [4.69, 9.17) is 5.73 Å². The van der Waals surface area contributed by atoms with E-state index in [1.807, 2.05) is 0 Å². The van der Waals surface area contributed by atoms with Crippen LogP contribution in [0.4, 0.5) is 10.1 Å².